The van der Waals surface area contributed by atoms with Crippen LogP contribution >= 0.6 is 0 Å². The van der Waals surface area contributed by atoms with Gasteiger partial charge in [-0.05, 0) is 31.1 Å². The number of amides is 1. The second-order valence-corrected chi connectivity index (χ2v) is 8.41. The molecule has 0 bridgehead atoms. The maximum absolute atomic E-state index is 13.3. The quantitative estimate of drug-likeness (QED) is 0.719. The minimum atomic E-state index is 0.0574. The number of pyridine rings is 1. The number of carbonyl (C=O) groups is 1. The Kier molecular flexibility index (Phi) is 5.00. The van der Waals surface area contributed by atoms with Gasteiger partial charge in [-0.25, -0.2) is 4.98 Å². The van der Waals surface area contributed by atoms with Gasteiger partial charge in [0.05, 0.1) is 5.56 Å². The molecule has 0 radical (unpaired) electrons. The number of aromatic nitrogens is 4. The normalized spacial score (nSPS) is 20.8. The molecule has 6 heteroatoms. The lowest BCUT2D eigenvalue weighted by Gasteiger charge is -2.31. The molecular weight excluding hydrogens is 362 g/mol. The SMILES string of the molecule is O=C(c1cncc2ccccc12)N1CCCC(c2n[nH]c(C3CCCCC3)n2)C1. The van der Waals surface area contributed by atoms with Gasteiger partial charge in [0, 0.05) is 42.7 Å². The molecule has 0 spiro atoms. The Morgan fingerprint density at radius 2 is 1.83 bits per heavy atom. The maximum Gasteiger partial charge on any atom is 0.256 e. The minimum Gasteiger partial charge on any atom is -0.338 e. The number of nitrogens with one attached hydrogen (secondary N) is 1. The molecule has 5 rings (SSSR count). The third kappa shape index (κ3) is 3.63. The van der Waals surface area contributed by atoms with Crippen molar-refractivity contribution in [3.8, 4) is 0 Å². The van der Waals surface area contributed by atoms with E-state index in [-0.39, 0.29) is 11.8 Å². The van der Waals surface area contributed by atoms with Crippen LogP contribution in [0.25, 0.3) is 10.8 Å². The molecular formula is C23H27N5O. The van der Waals surface area contributed by atoms with Crippen molar-refractivity contribution in [1.29, 1.82) is 0 Å². The Labute approximate surface area is 170 Å². The van der Waals surface area contributed by atoms with Gasteiger partial charge in [0.2, 0.25) is 0 Å². The first-order valence-corrected chi connectivity index (χ1v) is 10.8. The molecule has 3 aromatic rings. The molecule has 150 valence electrons. The predicted molar refractivity (Wildman–Crippen MR) is 112 cm³/mol. The summed E-state index contributed by atoms with van der Waals surface area (Å²) in [6, 6.07) is 7.94. The fourth-order valence-electron chi connectivity index (χ4n) is 4.86. The van der Waals surface area contributed by atoms with Crippen molar-refractivity contribution < 1.29 is 4.79 Å². The summed E-state index contributed by atoms with van der Waals surface area (Å²) in [4.78, 5) is 24.4. The lowest BCUT2D eigenvalue weighted by atomic mass is 9.89. The van der Waals surface area contributed by atoms with Crippen LogP contribution in [0.2, 0.25) is 0 Å². The summed E-state index contributed by atoms with van der Waals surface area (Å²) in [6.45, 7) is 1.45. The van der Waals surface area contributed by atoms with Gasteiger partial charge in [0.1, 0.15) is 5.82 Å². The average molecular weight is 390 g/mol. The van der Waals surface area contributed by atoms with E-state index in [2.05, 4.69) is 15.2 Å². The molecule has 1 saturated carbocycles. The van der Waals surface area contributed by atoms with Crippen molar-refractivity contribution in [2.24, 2.45) is 0 Å². The average Bonchev–Trinajstić information content (AvgIpc) is 3.29. The minimum absolute atomic E-state index is 0.0574. The van der Waals surface area contributed by atoms with Gasteiger partial charge >= 0.3 is 0 Å². The number of aromatic amines is 1. The monoisotopic (exact) mass is 389 g/mol. The zero-order valence-corrected chi connectivity index (χ0v) is 16.7. The van der Waals surface area contributed by atoms with E-state index in [9.17, 15) is 4.79 Å². The summed E-state index contributed by atoms with van der Waals surface area (Å²) in [5.41, 5.74) is 0.682. The summed E-state index contributed by atoms with van der Waals surface area (Å²) in [7, 11) is 0. The summed E-state index contributed by atoms with van der Waals surface area (Å²) in [5.74, 6) is 2.69. The van der Waals surface area contributed by atoms with Gasteiger partial charge in [0.25, 0.3) is 5.91 Å². The molecule has 1 aliphatic heterocycles. The summed E-state index contributed by atoms with van der Waals surface area (Å²) >= 11 is 0. The summed E-state index contributed by atoms with van der Waals surface area (Å²) in [5, 5.41) is 9.71. The standard InChI is InChI=1S/C23H27N5O/c29-23(20-14-24-13-17-9-4-5-11-19(17)20)28-12-6-10-18(15-28)22-25-21(26-27-22)16-7-2-1-3-8-16/h4-5,9,11,13-14,16,18H,1-3,6-8,10,12,15H2,(H,25,26,27). The maximum atomic E-state index is 13.3. The van der Waals surface area contributed by atoms with Crippen LogP contribution in [0.3, 0.4) is 0 Å². The number of nitrogens with zero attached hydrogens (tertiary/aromatic N) is 4. The number of benzene rings is 1. The summed E-state index contributed by atoms with van der Waals surface area (Å²) < 4.78 is 0. The van der Waals surface area contributed by atoms with Crippen molar-refractivity contribution in [2.75, 3.05) is 13.1 Å². The van der Waals surface area contributed by atoms with Gasteiger partial charge in [-0.1, -0.05) is 43.5 Å². The van der Waals surface area contributed by atoms with Crippen LogP contribution in [0.1, 0.15) is 78.8 Å². The number of rotatable bonds is 3. The van der Waals surface area contributed by atoms with Crippen molar-refractivity contribution in [1.82, 2.24) is 25.1 Å². The molecule has 1 aromatic carbocycles. The molecule has 2 fully saturated rings. The van der Waals surface area contributed by atoms with E-state index in [1.165, 1.54) is 32.1 Å². The van der Waals surface area contributed by atoms with E-state index in [4.69, 9.17) is 4.98 Å². The molecule has 6 nitrogen and oxygen atoms in total. The van der Waals surface area contributed by atoms with Gasteiger partial charge in [-0.15, -0.1) is 0 Å². The van der Waals surface area contributed by atoms with E-state index in [1.54, 1.807) is 6.20 Å². The van der Waals surface area contributed by atoms with Gasteiger partial charge in [-0.3, -0.25) is 14.9 Å². The topological polar surface area (TPSA) is 74.8 Å². The molecule has 2 aromatic heterocycles. The first-order chi connectivity index (χ1) is 14.3. The second-order valence-electron chi connectivity index (χ2n) is 8.41. The van der Waals surface area contributed by atoms with Crippen molar-refractivity contribution in [2.45, 2.75) is 56.8 Å². The molecule has 1 atom stereocenters. The number of hydrogen-bond donors (Lipinski definition) is 1. The van der Waals surface area contributed by atoms with Crippen LogP contribution in [0.5, 0.6) is 0 Å². The highest BCUT2D eigenvalue weighted by molar-refractivity contribution is 6.06. The van der Waals surface area contributed by atoms with Crippen LogP contribution in [0.15, 0.2) is 36.7 Å². The van der Waals surface area contributed by atoms with Crippen LogP contribution in [-0.2, 0) is 0 Å². The molecule has 2 aliphatic rings. The highest BCUT2D eigenvalue weighted by Crippen LogP contribution is 2.32. The van der Waals surface area contributed by atoms with Crippen LogP contribution in [-0.4, -0.2) is 44.1 Å². The third-order valence-electron chi connectivity index (χ3n) is 6.48. The fraction of sp³-hybridized carbons (Fsp3) is 0.478. The van der Waals surface area contributed by atoms with Gasteiger partial charge in [0.15, 0.2) is 5.82 Å². The van der Waals surface area contributed by atoms with Crippen LogP contribution in [0.4, 0.5) is 0 Å². The van der Waals surface area contributed by atoms with E-state index in [0.29, 0.717) is 18.0 Å². The molecule has 1 saturated heterocycles. The van der Waals surface area contributed by atoms with Crippen molar-refractivity contribution in [3.63, 3.8) is 0 Å². The predicted octanol–water partition coefficient (Wildman–Crippen LogP) is 4.42. The molecule has 1 amide bonds. The highest BCUT2D eigenvalue weighted by Gasteiger charge is 2.29. The fourth-order valence-corrected chi connectivity index (χ4v) is 4.86. The van der Waals surface area contributed by atoms with Crippen LogP contribution in [0, 0.1) is 0 Å². The zero-order valence-electron chi connectivity index (χ0n) is 16.7. The van der Waals surface area contributed by atoms with Gasteiger partial charge in [-0.2, -0.15) is 5.10 Å². The second kappa shape index (κ2) is 7.93. The van der Waals surface area contributed by atoms with Crippen molar-refractivity contribution >= 4 is 16.7 Å². The number of carbonyl (C=O) groups excluding carboxylic acids is 1. The number of H-pyrrole nitrogens is 1. The van der Waals surface area contributed by atoms with E-state index >= 15 is 0 Å². The Balaban J connectivity index is 1.34. The zero-order chi connectivity index (χ0) is 19.6. The Bertz CT molecular complexity index is 1000. The Morgan fingerprint density at radius 3 is 2.72 bits per heavy atom. The Morgan fingerprint density at radius 1 is 1.00 bits per heavy atom. The Hall–Kier alpha value is -2.76. The first-order valence-electron chi connectivity index (χ1n) is 10.8. The largest absolute Gasteiger partial charge is 0.338 e. The molecule has 3 heterocycles. The lowest BCUT2D eigenvalue weighted by molar-refractivity contribution is 0.0706. The number of hydrogen-bond acceptors (Lipinski definition) is 4. The highest BCUT2D eigenvalue weighted by atomic mass is 16.2. The molecule has 1 N–H and O–H groups in total. The first kappa shape index (κ1) is 18.3. The smallest absolute Gasteiger partial charge is 0.256 e. The third-order valence-corrected chi connectivity index (χ3v) is 6.48. The molecule has 1 aliphatic carbocycles. The van der Waals surface area contributed by atoms with E-state index in [1.807, 2.05) is 35.4 Å². The van der Waals surface area contributed by atoms with E-state index in [0.717, 1.165) is 41.8 Å². The summed E-state index contributed by atoms with van der Waals surface area (Å²) in [6.07, 6.45) is 11.8. The van der Waals surface area contributed by atoms with Crippen molar-refractivity contribution in [3.05, 3.63) is 53.9 Å². The lowest BCUT2D eigenvalue weighted by Crippen LogP contribution is -2.39. The number of piperidine rings is 1. The molecule has 1 unspecified atom stereocenters. The molecule has 29 heavy (non-hydrogen) atoms. The van der Waals surface area contributed by atoms with Crippen LogP contribution < -0.4 is 0 Å². The van der Waals surface area contributed by atoms with Gasteiger partial charge < -0.3 is 4.90 Å². The number of likely N-dealkylation sites (tertiary alicyclic amines) is 1. The number of fused-ring (bicyclic) bond motifs is 1. The van der Waals surface area contributed by atoms with E-state index < -0.39 is 0 Å².